The zero-order chi connectivity index (χ0) is 12.8. The number of benzene rings is 1. The van der Waals surface area contributed by atoms with E-state index >= 15 is 0 Å². The largest absolute Gasteiger partial charge is 0.313 e. The van der Waals surface area contributed by atoms with Crippen molar-refractivity contribution in [3.63, 3.8) is 0 Å². The standard InChI is InChI=1S/C15H24FN/c1-5-8-17-15(11(2)3)10-13-9-14(16)7-6-12(13)4/h6-7,9,11,15,17H,5,8,10H2,1-4H3. The second kappa shape index (κ2) is 6.75. The van der Waals surface area contributed by atoms with E-state index in [0.717, 1.165) is 24.9 Å². The van der Waals surface area contributed by atoms with Crippen molar-refractivity contribution < 1.29 is 4.39 Å². The van der Waals surface area contributed by atoms with E-state index in [1.54, 1.807) is 6.07 Å². The average Bonchev–Trinajstić information content (AvgIpc) is 2.28. The van der Waals surface area contributed by atoms with Gasteiger partial charge in [-0.25, -0.2) is 4.39 Å². The summed E-state index contributed by atoms with van der Waals surface area (Å²) in [5.74, 6) is 0.424. The minimum Gasteiger partial charge on any atom is -0.313 e. The van der Waals surface area contributed by atoms with Gasteiger partial charge < -0.3 is 5.32 Å². The van der Waals surface area contributed by atoms with Crippen LogP contribution in [0.4, 0.5) is 4.39 Å². The van der Waals surface area contributed by atoms with Crippen molar-refractivity contribution in [1.82, 2.24) is 5.32 Å². The molecule has 0 fully saturated rings. The number of aryl methyl sites for hydroxylation is 1. The summed E-state index contributed by atoms with van der Waals surface area (Å²) >= 11 is 0. The summed E-state index contributed by atoms with van der Waals surface area (Å²) in [4.78, 5) is 0. The summed E-state index contributed by atoms with van der Waals surface area (Å²) in [5.41, 5.74) is 2.29. The van der Waals surface area contributed by atoms with Gasteiger partial charge in [0.1, 0.15) is 5.82 Å². The smallest absolute Gasteiger partial charge is 0.123 e. The number of rotatable bonds is 6. The molecule has 0 aromatic heterocycles. The molecule has 0 aliphatic heterocycles. The van der Waals surface area contributed by atoms with Crippen LogP contribution in [-0.4, -0.2) is 12.6 Å². The highest BCUT2D eigenvalue weighted by Gasteiger charge is 2.14. The van der Waals surface area contributed by atoms with Crippen LogP contribution in [0.15, 0.2) is 18.2 Å². The Morgan fingerprint density at radius 3 is 2.59 bits per heavy atom. The zero-order valence-corrected chi connectivity index (χ0v) is 11.4. The van der Waals surface area contributed by atoms with Gasteiger partial charge in [-0.05, 0) is 55.5 Å². The fourth-order valence-corrected chi connectivity index (χ4v) is 1.97. The highest BCUT2D eigenvalue weighted by atomic mass is 19.1. The molecule has 1 nitrogen and oxygen atoms in total. The first-order valence-corrected chi connectivity index (χ1v) is 6.53. The molecule has 0 heterocycles. The first kappa shape index (κ1) is 14.2. The minimum absolute atomic E-state index is 0.136. The number of halogens is 1. The molecule has 0 aliphatic carbocycles. The molecule has 0 spiro atoms. The van der Waals surface area contributed by atoms with Gasteiger partial charge in [-0.3, -0.25) is 0 Å². The van der Waals surface area contributed by atoms with E-state index in [2.05, 4.69) is 26.1 Å². The van der Waals surface area contributed by atoms with Gasteiger partial charge in [0.25, 0.3) is 0 Å². The van der Waals surface area contributed by atoms with Gasteiger partial charge in [0.05, 0.1) is 0 Å². The van der Waals surface area contributed by atoms with Gasteiger partial charge in [-0.1, -0.05) is 26.8 Å². The van der Waals surface area contributed by atoms with Gasteiger partial charge in [0.15, 0.2) is 0 Å². The van der Waals surface area contributed by atoms with E-state index in [1.807, 2.05) is 13.0 Å². The maximum atomic E-state index is 13.2. The van der Waals surface area contributed by atoms with Crippen LogP contribution in [0, 0.1) is 18.7 Å². The molecule has 0 bridgehead atoms. The minimum atomic E-state index is -0.136. The van der Waals surface area contributed by atoms with Crippen LogP contribution in [0.1, 0.15) is 38.3 Å². The predicted molar refractivity (Wildman–Crippen MR) is 71.8 cm³/mol. The number of nitrogens with one attached hydrogen (secondary N) is 1. The Hall–Kier alpha value is -0.890. The SMILES string of the molecule is CCCNC(Cc1cc(F)ccc1C)C(C)C. The number of hydrogen-bond acceptors (Lipinski definition) is 1. The van der Waals surface area contributed by atoms with Gasteiger partial charge in [-0.15, -0.1) is 0 Å². The van der Waals surface area contributed by atoms with E-state index in [1.165, 1.54) is 11.6 Å². The summed E-state index contributed by atoms with van der Waals surface area (Å²) in [7, 11) is 0. The van der Waals surface area contributed by atoms with Crippen LogP contribution in [0.25, 0.3) is 0 Å². The van der Waals surface area contributed by atoms with E-state index in [-0.39, 0.29) is 5.82 Å². The van der Waals surface area contributed by atoms with Crippen molar-refractivity contribution >= 4 is 0 Å². The lowest BCUT2D eigenvalue weighted by atomic mass is 9.94. The molecule has 0 amide bonds. The van der Waals surface area contributed by atoms with Gasteiger partial charge >= 0.3 is 0 Å². The second-order valence-corrected chi connectivity index (χ2v) is 5.08. The summed E-state index contributed by atoms with van der Waals surface area (Å²) in [6.45, 7) is 9.66. The molecule has 1 atom stereocenters. The Morgan fingerprint density at radius 1 is 1.29 bits per heavy atom. The summed E-state index contributed by atoms with van der Waals surface area (Å²) in [5, 5.41) is 3.54. The Morgan fingerprint density at radius 2 is 2.00 bits per heavy atom. The van der Waals surface area contributed by atoms with Gasteiger partial charge in [0.2, 0.25) is 0 Å². The molecule has 1 N–H and O–H groups in total. The fourth-order valence-electron chi connectivity index (χ4n) is 1.97. The molecule has 96 valence electrons. The fraction of sp³-hybridized carbons (Fsp3) is 0.600. The van der Waals surface area contributed by atoms with Crippen LogP contribution in [0.2, 0.25) is 0 Å². The van der Waals surface area contributed by atoms with Gasteiger partial charge in [0, 0.05) is 6.04 Å². The van der Waals surface area contributed by atoms with Crippen molar-refractivity contribution in [1.29, 1.82) is 0 Å². The van der Waals surface area contributed by atoms with Crippen molar-refractivity contribution in [3.8, 4) is 0 Å². The van der Waals surface area contributed by atoms with Gasteiger partial charge in [-0.2, -0.15) is 0 Å². The predicted octanol–water partition coefficient (Wildman–Crippen LogP) is 3.70. The molecule has 17 heavy (non-hydrogen) atoms. The molecule has 1 unspecified atom stereocenters. The van der Waals surface area contributed by atoms with Crippen LogP contribution in [0.3, 0.4) is 0 Å². The monoisotopic (exact) mass is 237 g/mol. The van der Waals surface area contributed by atoms with E-state index in [0.29, 0.717) is 12.0 Å². The lowest BCUT2D eigenvalue weighted by Crippen LogP contribution is -2.36. The Bertz CT molecular complexity index is 347. The molecular weight excluding hydrogens is 213 g/mol. The van der Waals surface area contributed by atoms with Crippen LogP contribution >= 0.6 is 0 Å². The molecule has 2 heteroatoms. The van der Waals surface area contributed by atoms with Crippen LogP contribution in [-0.2, 0) is 6.42 Å². The third-order valence-electron chi connectivity index (χ3n) is 3.21. The van der Waals surface area contributed by atoms with Crippen molar-refractivity contribution in [3.05, 3.63) is 35.1 Å². The molecule has 1 rings (SSSR count). The van der Waals surface area contributed by atoms with Crippen molar-refractivity contribution in [2.24, 2.45) is 5.92 Å². The number of hydrogen-bond donors (Lipinski definition) is 1. The van der Waals surface area contributed by atoms with E-state index < -0.39 is 0 Å². The maximum absolute atomic E-state index is 13.2. The highest BCUT2D eigenvalue weighted by molar-refractivity contribution is 5.27. The molecule has 0 aliphatic rings. The normalized spacial score (nSPS) is 13.1. The van der Waals surface area contributed by atoms with E-state index in [4.69, 9.17) is 0 Å². The molecule has 0 radical (unpaired) electrons. The molecule has 1 aromatic carbocycles. The average molecular weight is 237 g/mol. The summed E-state index contributed by atoms with van der Waals surface area (Å²) < 4.78 is 13.2. The van der Waals surface area contributed by atoms with Crippen LogP contribution < -0.4 is 5.32 Å². The lowest BCUT2D eigenvalue weighted by molar-refractivity contribution is 0.396. The molecule has 0 saturated heterocycles. The van der Waals surface area contributed by atoms with Crippen molar-refractivity contribution in [2.45, 2.75) is 46.6 Å². The first-order valence-electron chi connectivity index (χ1n) is 6.53. The Labute approximate surface area is 104 Å². The zero-order valence-electron chi connectivity index (χ0n) is 11.4. The second-order valence-electron chi connectivity index (χ2n) is 5.08. The quantitative estimate of drug-likeness (QED) is 0.795. The highest BCUT2D eigenvalue weighted by Crippen LogP contribution is 2.15. The summed E-state index contributed by atoms with van der Waals surface area (Å²) in [6.07, 6.45) is 2.03. The van der Waals surface area contributed by atoms with Crippen molar-refractivity contribution in [2.75, 3.05) is 6.54 Å². The first-order chi connectivity index (χ1) is 8.04. The third kappa shape index (κ3) is 4.47. The molecular formula is C15H24FN. The lowest BCUT2D eigenvalue weighted by Gasteiger charge is -2.23. The Kier molecular flexibility index (Phi) is 5.63. The topological polar surface area (TPSA) is 12.0 Å². The van der Waals surface area contributed by atoms with E-state index in [9.17, 15) is 4.39 Å². The van der Waals surface area contributed by atoms with Crippen LogP contribution in [0.5, 0.6) is 0 Å². The molecule has 1 aromatic rings. The molecule has 0 saturated carbocycles. The maximum Gasteiger partial charge on any atom is 0.123 e. The third-order valence-corrected chi connectivity index (χ3v) is 3.21. The summed E-state index contributed by atoms with van der Waals surface area (Å²) in [6, 6.07) is 5.48. The Balaban J connectivity index is 2.74.